The molecule has 14 nitrogen and oxygen atoms in total. The van der Waals surface area contributed by atoms with Crippen molar-refractivity contribution in [1.82, 2.24) is 30.3 Å². The van der Waals surface area contributed by atoms with Crippen molar-refractivity contribution in [1.29, 1.82) is 0 Å². The molecule has 3 rings (SSSR count). The zero-order valence-electron chi connectivity index (χ0n) is 38.3. The lowest BCUT2D eigenvalue weighted by Gasteiger charge is -2.42. The number of likely N-dealkylation sites (tertiary alicyclic amines) is 1. The molecule has 1 saturated heterocycles. The zero-order valence-corrected chi connectivity index (χ0v) is 38.3. The molecule has 14 heteroatoms. The Balaban J connectivity index is 1.79. The molecule has 2 heterocycles. The van der Waals surface area contributed by atoms with Gasteiger partial charge in [-0.3, -0.25) is 28.9 Å². The Hall–Kier alpha value is -4.01. The molecule has 1 aromatic carbocycles. The van der Waals surface area contributed by atoms with E-state index in [1.54, 1.807) is 30.9 Å². The number of amides is 5. The standard InChI is InChI=1S/C45H75N7O7/c1-15-28(6)39(50(11)44(57)37(26(2)3)49-43(56)38(27(4)5)51(12)45(8,9)10)35(58-13)24-36(53)52-22-18-21-34(52)40(59-14)29(7)42(55)48-33(41(46)54)23-30-25-47-32-20-17-16-19-31(30)32/h16-17,19-20,25-29,33-35,37-40,47H,15,18,21-24H2,1-14H3,(H2,46,54)(H,48,55)(H,49,56)/t28-,29+,33-,34-,35+,37-,38-,39-,40+/m0/s1. The summed E-state index contributed by atoms with van der Waals surface area (Å²) >= 11 is 0. The lowest BCUT2D eigenvalue weighted by Crippen LogP contribution is -2.61. The third-order valence-electron chi connectivity index (χ3n) is 12.6. The van der Waals surface area contributed by atoms with Crippen LogP contribution < -0.4 is 16.4 Å². The van der Waals surface area contributed by atoms with Crippen molar-refractivity contribution in [2.45, 2.75) is 149 Å². The first-order valence-corrected chi connectivity index (χ1v) is 21.4. The van der Waals surface area contributed by atoms with Crippen LogP contribution in [-0.2, 0) is 39.9 Å². The summed E-state index contributed by atoms with van der Waals surface area (Å²) in [5.41, 5.74) is 7.30. The van der Waals surface area contributed by atoms with Crippen molar-refractivity contribution in [3.63, 3.8) is 0 Å². The van der Waals surface area contributed by atoms with Gasteiger partial charge in [-0.2, -0.15) is 0 Å². The molecule has 1 aliphatic rings. The lowest BCUT2D eigenvalue weighted by atomic mass is 9.89. The van der Waals surface area contributed by atoms with Crippen molar-refractivity contribution in [3.05, 3.63) is 36.0 Å². The smallest absolute Gasteiger partial charge is 0.245 e. The zero-order chi connectivity index (χ0) is 44.5. The number of carbonyl (C=O) groups is 5. The van der Waals surface area contributed by atoms with Gasteiger partial charge in [0.25, 0.3) is 0 Å². The molecule has 1 aromatic heterocycles. The van der Waals surface area contributed by atoms with E-state index in [1.165, 1.54) is 7.11 Å². The van der Waals surface area contributed by atoms with E-state index in [0.717, 1.165) is 29.3 Å². The maximum atomic E-state index is 14.4. The van der Waals surface area contributed by atoms with E-state index in [-0.39, 0.29) is 53.9 Å². The summed E-state index contributed by atoms with van der Waals surface area (Å²) in [6, 6.07) is 4.63. The first-order valence-electron chi connectivity index (χ1n) is 21.4. The Morgan fingerprint density at radius 1 is 0.949 bits per heavy atom. The van der Waals surface area contributed by atoms with Gasteiger partial charge >= 0.3 is 0 Å². The molecule has 1 aliphatic heterocycles. The van der Waals surface area contributed by atoms with E-state index in [0.29, 0.717) is 13.0 Å². The highest BCUT2D eigenvalue weighted by molar-refractivity contribution is 5.91. The molecule has 0 radical (unpaired) electrons. The largest absolute Gasteiger partial charge is 0.379 e. The number of fused-ring (bicyclic) bond motifs is 1. The summed E-state index contributed by atoms with van der Waals surface area (Å²) in [5.74, 6) is -2.64. The van der Waals surface area contributed by atoms with E-state index in [9.17, 15) is 24.0 Å². The number of hydrogen-bond donors (Lipinski definition) is 4. The molecular formula is C45H75N7O7. The monoisotopic (exact) mass is 826 g/mol. The number of hydrogen-bond acceptors (Lipinski definition) is 8. The highest BCUT2D eigenvalue weighted by Crippen LogP contribution is 2.30. The van der Waals surface area contributed by atoms with Crippen LogP contribution in [-0.4, -0.2) is 132 Å². The highest BCUT2D eigenvalue weighted by Gasteiger charge is 2.44. The molecule has 0 spiro atoms. The second kappa shape index (κ2) is 21.5. The number of nitrogens with two attached hydrogens (primary N) is 1. The van der Waals surface area contributed by atoms with E-state index < -0.39 is 60.1 Å². The topological polar surface area (TPSA) is 179 Å². The SMILES string of the molecule is CC[C@H](C)[C@@H]([C@@H](CC(=O)N1CCC[C@H]1[C@H](OC)[C@@H](C)C(=O)N[C@@H](Cc1c[nH]c2ccccc12)C(N)=O)OC)N(C)C(=O)[C@@H](NC(=O)[C@H](C(C)C)N(C)C(C)(C)C)C(C)C. The van der Waals surface area contributed by atoms with Crippen LogP contribution in [0.25, 0.3) is 10.9 Å². The average Bonchev–Trinajstić information content (AvgIpc) is 3.83. The summed E-state index contributed by atoms with van der Waals surface area (Å²) in [7, 11) is 6.75. The molecule has 9 atom stereocenters. The van der Waals surface area contributed by atoms with Gasteiger partial charge in [0.15, 0.2) is 0 Å². The Labute approximate surface area is 353 Å². The van der Waals surface area contributed by atoms with Crippen LogP contribution in [0.1, 0.15) is 100 Å². The van der Waals surface area contributed by atoms with E-state index in [1.807, 2.05) is 84.0 Å². The Morgan fingerprint density at radius 2 is 1.59 bits per heavy atom. The van der Waals surface area contributed by atoms with Gasteiger partial charge in [-0.25, -0.2) is 0 Å². The number of benzene rings is 1. The van der Waals surface area contributed by atoms with Crippen molar-refractivity contribution in [2.24, 2.45) is 29.4 Å². The number of ether oxygens (including phenoxy) is 2. The van der Waals surface area contributed by atoms with Gasteiger partial charge in [0, 0.05) is 56.9 Å². The summed E-state index contributed by atoms with van der Waals surface area (Å²) in [6.45, 7) is 20.3. The minimum absolute atomic E-state index is 0.00384. The van der Waals surface area contributed by atoms with E-state index in [2.05, 4.69) is 36.4 Å². The number of aromatic nitrogens is 1. The number of rotatable bonds is 21. The fraction of sp³-hybridized carbons (Fsp3) is 0.711. The minimum atomic E-state index is -0.951. The van der Waals surface area contributed by atoms with Gasteiger partial charge in [0.2, 0.25) is 29.5 Å². The first-order chi connectivity index (χ1) is 27.6. The third-order valence-corrected chi connectivity index (χ3v) is 12.6. The number of methoxy groups -OCH3 is 2. The quantitative estimate of drug-likeness (QED) is 0.142. The molecular weight excluding hydrogens is 751 g/mol. The Bertz CT molecular complexity index is 1720. The van der Waals surface area contributed by atoms with Gasteiger partial charge in [0.1, 0.15) is 12.1 Å². The van der Waals surface area contributed by atoms with Crippen LogP contribution >= 0.6 is 0 Å². The normalized spacial score (nSPS) is 18.9. The van der Waals surface area contributed by atoms with Crippen LogP contribution in [0, 0.1) is 23.7 Å². The van der Waals surface area contributed by atoms with E-state index in [4.69, 9.17) is 15.2 Å². The van der Waals surface area contributed by atoms with Crippen LogP contribution in [0.5, 0.6) is 0 Å². The minimum Gasteiger partial charge on any atom is -0.379 e. The van der Waals surface area contributed by atoms with E-state index >= 15 is 0 Å². The predicted octanol–water partition coefficient (Wildman–Crippen LogP) is 4.50. The maximum absolute atomic E-state index is 14.4. The molecule has 0 unspecified atom stereocenters. The summed E-state index contributed by atoms with van der Waals surface area (Å²) in [4.78, 5) is 77.7. The van der Waals surface area contributed by atoms with Gasteiger partial charge in [-0.05, 0) is 70.0 Å². The number of nitrogens with zero attached hydrogens (tertiary/aromatic N) is 3. The first kappa shape index (κ1) is 49.4. The molecule has 2 aromatic rings. The lowest BCUT2D eigenvalue weighted by molar-refractivity contribution is -0.148. The molecule has 5 amide bonds. The number of para-hydroxylation sites is 1. The number of nitrogens with one attached hydrogen (secondary N) is 3. The molecule has 1 fully saturated rings. The number of H-pyrrole nitrogens is 1. The van der Waals surface area contributed by atoms with Crippen molar-refractivity contribution in [3.8, 4) is 0 Å². The summed E-state index contributed by atoms with van der Waals surface area (Å²) < 4.78 is 12.0. The van der Waals surface area contributed by atoms with Crippen LogP contribution in [0.15, 0.2) is 30.5 Å². The number of primary amides is 1. The number of aromatic amines is 1. The van der Waals surface area contributed by atoms with Crippen LogP contribution in [0.3, 0.4) is 0 Å². The van der Waals surface area contributed by atoms with Gasteiger partial charge in [-0.15, -0.1) is 0 Å². The fourth-order valence-electron chi connectivity index (χ4n) is 8.67. The molecule has 5 N–H and O–H groups in total. The van der Waals surface area contributed by atoms with Crippen molar-refractivity contribution in [2.75, 3.05) is 34.9 Å². The highest BCUT2D eigenvalue weighted by atomic mass is 16.5. The average molecular weight is 826 g/mol. The fourth-order valence-corrected chi connectivity index (χ4v) is 8.67. The molecule has 0 saturated carbocycles. The number of carbonyl (C=O) groups excluding carboxylic acids is 5. The summed E-state index contributed by atoms with van der Waals surface area (Å²) in [6.07, 6.45) is 2.77. The van der Waals surface area contributed by atoms with Crippen molar-refractivity contribution >= 4 is 40.4 Å². The van der Waals surface area contributed by atoms with Gasteiger partial charge in [0.05, 0.1) is 42.7 Å². The van der Waals surface area contributed by atoms with Gasteiger partial charge < -0.3 is 40.6 Å². The second-order valence-corrected chi connectivity index (χ2v) is 18.3. The third kappa shape index (κ3) is 12.1. The van der Waals surface area contributed by atoms with Crippen molar-refractivity contribution < 1.29 is 33.4 Å². The molecule has 59 heavy (non-hydrogen) atoms. The molecule has 332 valence electrons. The summed E-state index contributed by atoms with van der Waals surface area (Å²) in [5, 5.41) is 6.91. The predicted molar refractivity (Wildman–Crippen MR) is 232 cm³/mol. The Kier molecular flexibility index (Phi) is 18.0. The maximum Gasteiger partial charge on any atom is 0.245 e. The molecule has 0 bridgehead atoms. The van der Waals surface area contributed by atoms with Gasteiger partial charge in [-0.1, -0.05) is 73.1 Å². The van der Waals surface area contributed by atoms with Crippen LogP contribution in [0.4, 0.5) is 0 Å². The second-order valence-electron chi connectivity index (χ2n) is 18.3. The van der Waals surface area contributed by atoms with Crippen LogP contribution in [0.2, 0.25) is 0 Å². The Morgan fingerprint density at radius 3 is 2.14 bits per heavy atom. The molecule has 0 aliphatic carbocycles. The number of likely N-dealkylation sites (N-methyl/N-ethyl adjacent to an activating group) is 2.